The van der Waals surface area contributed by atoms with E-state index in [9.17, 15) is 0 Å². The number of rotatable bonds is 2. The zero-order chi connectivity index (χ0) is 12.4. The number of benzene rings is 1. The predicted octanol–water partition coefficient (Wildman–Crippen LogP) is 3.62. The lowest BCUT2D eigenvalue weighted by molar-refractivity contribution is 0.121. The Hall–Kier alpha value is -0.860. The van der Waals surface area contributed by atoms with Gasteiger partial charge in [0.15, 0.2) is 0 Å². The second-order valence-electron chi connectivity index (χ2n) is 5.84. The third kappa shape index (κ3) is 2.45. The summed E-state index contributed by atoms with van der Waals surface area (Å²) in [6.07, 6.45) is 6.67. The third-order valence-electron chi connectivity index (χ3n) is 4.49. The summed E-state index contributed by atoms with van der Waals surface area (Å²) in [6, 6.07) is 9.52. The van der Waals surface area contributed by atoms with Crippen LogP contribution >= 0.6 is 0 Å². The van der Waals surface area contributed by atoms with Crippen molar-refractivity contribution in [3.63, 3.8) is 0 Å². The second-order valence-corrected chi connectivity index (χ2v) is 5.84. The van der Waals surface area contributed by atoms with Crippen LogP contribution in [0.1, 0.15) is 62.1 Å². The number of hydrogen-bond donors (Lipinski definition) is 1. The van der Waals surface area contributed by atoms with Crippen LogP contribution in [0.5, 0.6) is 0 Å². The van der Waals surface area contributed by atoms with Crippen LogP contribution in [0.2, 0.25) is 0 Å². The number of nitrogens with one attached hydrogen (secondary N) is 1. The smallest absolute Gasteiger partial charge is 0.0467 e. The Bertz CT molecular complexity index is 396. The van der Waals surface area contributed by atoms with Gasteiger partial charge in [0, 0.05) is 19.1 Å². The van der Waals surface area contributed by atoms with Gasteiger partial charge in [-0.05, 0) is 42.7 Å². The molecular formula is C16H24N2. The second kappa shape index (κ2) is 5.41. The van der Waals surface area contributed by atoms with Crippen molar-refractivity contribution in [1.82, 2.24) is 10.4 Å². The molecule has 1 aliphatic heterocycles. The van der Waals surface area contributed by atoms with Crippen LogP contribution in [-0.4, -0.2) is 18.1 Å². The van der Waals surface area contributed by atoms with Crippen molar-refractivity contribution in [2.45, 2.75) is 51.0 Å². The minimum Gasteiger partial charge on any atom is -0.248 e. The first-order valence-corrected chi connectivity index (χ1v) is 7.44. The molecule has 0 aromatic heterocycles. The van der Waals surface area contributed by atoms with E-state index in [4.69, 9.17) is 0 Å². The van der Waals surface area contributed by atoms with E-state index in [0.29, 0.717) is 6.04 Å². The van der Waals surface area contributed by atoms with Gasteiger partial charge in [-0.2, -0.15) is 0 Å². The molecule has 98 valence electrons. The maximum atomic E-state index is 3.77. The summed E-state index contributed by atoms with van der Waals surface area (Å²) in [7, 11) is 0. The first kappa shape index (κ1) is 12.2. The molecule has 0 bridgehead atoms. The number of hydrazine groups is 1. The van der Waals surface area contributed by atoms with Crippen molar-refractivity contribution in [1.29, 1.82) is 0 Å². The quantitative estimate of drug-likeness (QED) is 0.855. The maximum Gasteiger partial charge on any atom is 0.0467 e. The monoisotopic (exact) mass is 244 g/mol. The molecule has 2 atom stereocenters. The van der Waals surface area contributed by atoms with Crippen LogP contribution in [-0.2, 0) is 0 Å². The zero-order valence-corrected chi connectivity index (χ0v) is 11.4. The van der Waals surface area contributed by atoms with Gasteiger partial charge in [-0.3, -0.25) is 0 Å². The molecule has 0 amide bonds. The molecule has 18 heavy (non-hydrogen) atoms. The average Bonchev–Trinajstić information content (AvgIpc) is 2.44. The van der Waals surface area contributed by atoms with Gasteiger partial charge in [-0.25, -0.2) is 10.4 Å². The summed E-state index contributed by atoms with van der Waals surface area (Å²) in [5.74, 6) is 0.723. The van der Waals surface area contributed by atoms with E-state index < -0.39 is 0 Å². The summed E-state index contributed by atoms with van der Waals surface area (Å²) in [5.41, 5.74) is 6.85. The summed E-state index contributed by atoms with van der Waals surface area (Å²) in [5, 5.41) is 2.45. The number of piperidine rings is 1. The van der Waals surface area contributed by atoms with Gasteiger partial charge in [0.1, 0.15) is 0 Å². The van der Waals surface area contributed by atoms with Gasteiger partial charge in [0.05, 0.1) is 0 Å². The number of hydrogen-bond acceptors (Lipinski definition) is 2. The SMILES string of the molecule is CC1CCC(NN2CCCCC2)c2ccccc21. The van der Waals surface area contributed by atoms with Gasteiger partial charge in [-0.15, -0.1) is 0 Å². The van der Waals surface area contributed by atoms with Crippen molar-refractivity contribution in [3.05, 3.63) is 35.4 Å². The molecule has 0 saturated carbocycles. The van der Waals surface area contributed by atoms with Gasteiger partial charge in [-0.1, -0.05) is 37.6 Å². The molecule has 1 fully saturated rings. The van der Waals surface area contributed by atoms with E-state index in [-0.39, 0.29) is 0 Å². The highest BCUT2D eigenvalue weighted by Gasteiger charge is 2.25. The molecular weight excluding hydrogens is 220 g/mol. The molecule has 2 heteroatoms. The lowest BCUT2D eigenvalue weighted by atomic mass is 9.81. The summed E-state index contributed by atoms with van der Waals surface area (Å²) < 4.78 is 0. The van der Waals surface area contributed by atoms with Crippen molar-refractivity contribution in [2.75, 3.05) is 13.1 Å². The highest BCUT2D eigenvalue weighted by Crippen LogP contribution is 2.37. The zero-order valence-electron chi connectivity index (χ0n) is 11.4. The Morgan fingerprint density at radius 2 is 1.72 bits per heavy atom. The van der Waals surface area contributed by atoms with E-state index in [1.165, 1.54) is 50.8 Å². The summed E-state index contributed by atoms with van der Waals surface area (Å²) in [4.78, 5) is 0. The molecule has 3 rings (SSSR count). The molecule has 2 nitrogen and oxygen atoms in total. The van der Waals surface area contributed by atoms with Gasteiger partial charge >= 0.3 is 0 Å². The summed E-state index contributed by atoms with van der Waals surface area (Å²) in [6.45, 7) is 4.79. The van der Waals surface area contributed by atoms with E-state index >= 15 is 0 Å². The lowest BCUT2D eigenvalue weighted by Gasteiger charge is -2.36. The molecule has 1 N–H and O–H groups in total. The predicted molar refractivity (Wildman–Crippen MR) is 75.4 cm³/mol. The van der Waals surface area contributed by atoms with Crippen LogP contribution in [0.4, 0.5) is 0 Å². The van der Waals surface area contributed by atoms with Crippen LogP contribution in [0.3, 0.4) is 0 Å². The van der Waals surface area contributed by atoms with Gasteiger partial charge < -0.3 is 0 Å². The highest BCUT2D eigenvalue weighted by molar-refractivity contribution is 5.34. The molecule has 1 aromatic rings. The molecule has 1 aliphatic carbocycles. The van der Waals surface area contributed by atoms with E-state index in [1.54, 1.807) is 5.56 Å². The van der Waals surface area contributed by atoms with E-state index in [1.807, 2.05) is 0 Å². The fraction of sp³-hybridized carbons (Fsp3) is 0.625. The third-order valence-corrected chi connectivity index (χ3v) is 4.49. The summed E-state index contributed by atoms with van der Waals surface area (Å²) >= 11 is 0. The van der Waals surface area contributed by atoms with E-state index in [0.717, 1.165) is 5.92 Å². The lowest BCUT2D eigenvalue weighted by Crippen LogP contribution is -2.44. The molecule has 0 spiro atoms. The molecule has 0 radical (unpaired) electrons. The number of nitrogens with zero attached hydrogens (tertiary/aromatic N) is 1. The van der Waals surface area contributed by atoms with Crippen molar-refractivity contribution < 1.29 is 0 Å². The molecule has 1 aromatic carbocycles. The first-order chi connectivity index (χ1) is 8.84. The fourth-order valence-electron chi connectivity index (χ4n) is 3.38. The standard InChI is InChI=1S/C16H24N2/c1-13-9-10-16(15-8-4-3-7-14(13)15)17-18-11-5-2-6-12-18/h3-4,7-8,13,16-17H,2,5-6,9-12H2,1H3. The maximum absolute atomic E-state index is 3.77. The normalized spacial score (nSPS) is 28.9. The Morgan fingerprint density at radius 3 is 2.50 bits per heavy atom. The van der Waals surface area contributed by atoms with Crippen molar-refractivity contribution in [2.24, 2.45) is 0 Å². The molecule has 2 aliphatic rings. The topological polar surface area (TPSA) is 15.3 Å². The molecule has 2 unspecified atom stereocenters. The Balaban J connectivity index is 1.75. The Labute approximate surface area is 110 Å². The van der Waals surface area contributed by atoms with Crippen molar-refractivity contribution >= 4 is 0 Å². The minimum atomic E-state index is 0.537. The van der Waals surface area contributed by atoms with Crippen LogP contribution in [0.15, 0.2) is 24.3 Å². The number of fused-ring (bicyclic) bond motifs is 1. The van der Waals surface area contributed by atoms with Crippen LogP contribution in [0, 0.1) is 0 Å². The molecule has 1 saturated heterocycles. The van der Waals surface area contributed by atoms with Gasteiger partial charge in [0.2, 0.25) is 0 Å². The minimum absolute atomic E-state index is 0.537. The average molecular weight is 244 g/mol. The highest BCUT2D eigenvalue weighted by atomic mass is 15.5. The van der Waals surface area contributed by atoms with Gasteiger partial charge in [0.25, 0.3) is 0 Å². The van der Waals surface area contributed by atoms with E-state index in [2.05, 4.69) is 41.6 Å². The van der Waals surface area contributed by atoms with Crippen LogP contribution < -0.4 is 5.43 Å². The van der Waals surface area contributed by atoms with Crippen LogP contribution in [0.25, 0.3) is 0 Å². The Kier molecular flexibility index (Phi) is 3.67. The Morgan fingerprint density at radius 1 is 1.00 bits per heavy atom. The largest absolute Gasteiger partial charge is 0.248 e. The fourth-order valence-corrected chi connectivity index (χ4v) is 3.38. The first-order valence-electron chi connectivity index (χ1n) is 7.44. The van der Waals surface area contributed by atoms with Crippen molar-refractivity contribution in [3.8, 4) is 0 Å². The molecule has 1 heterocycles.